The van der Waals surface area contributed by atoms with Crippen molar-refractivity contribution in [2.24, 2.45) is 0 Å². The first kappa shape index (κ1) is 26.8. The molecule has 0 spiro atoms. The summed E-state index contributed by atoms with van der Waals surface area (Å²) in [6, 6.07) is 24.3. The summed E-state index contributed by atoms with van der Waals surface area (Å²) in [5, 5.41) is 45.1. The average Bonchev–Trinajstić information content (AvgIpc) is 3.72. The molecule has 0 aliphatic carbocycles. The molecule has 0 amide bonds. The summed E-state index contributed by atoms with van der Waals surface area (Å²) in [5.74, 6) is -0.743. The molecule has 4 aromatic heterocycles. The number of thiazole rings is 2. The van der Waals surface area contributed by atoms with Crippen molar-refractivity contribution < 1.29 is 20.4 Å². The van der Waals surface area contributed by atoms with Crippen LogP contribution in [0, 0.1) is 0 Å². The van der Waals surface area contributed by atoms with Gasteiger partial charge >= 0.3 is 0 Å². The molecular formula is C30H22N4O4S4. The Morgan fingerprint density at radius 3 is 1.38 bits per heavy atom. The van der Waals surface area contributed by atoms with Gasteiger partial charge in [-0.25, -0.2) is 9.97 Å². The molecular weight excluding hydrogens is 609 g/mol. The lowest BCUT2D eigenvalue weighted by Gasteiger charge is -2.23. The summed E-state index contributed by atoms with van der Waals surface area (Å²) in [4.78, 5) is 10.2. The molecule has 4 heterocycles. The fraction of sp³-hybridized carbons (Fsp3) is 0.0667. The second-order valence-electron chi connectivity index (χ2n) is 9.68. The van der Waals surface area contributed by atoms with Gasteiger partial charge in [0.2, 0.25) is 11.8 Å². The molecule has 4 N–H and O–H groups in total. The van der Waals surface area contributed by atoms with Gasteiger partial charge in [-0.05, 0) is 35.4 Å². The second-order valence-corrected chi connectivity index (χ2v) is 12.8. The predicted octanol–water partition coefficient (Wildman–Crippen LogP) is 7.18. The highest BCUT2D eigenvalue weighted by molar-refractivity contribution is 7.80. The molecule has 7 aromatic rings. The Labute approximate surface area is 258 Å². The molecule has 7 rings (SSSR count). The van der Waals surface area contributed by atoms with E-state index in [0.717, 1.165) is 20.4 Å². The molecule has 0 aliphatic rings. The summed E-state index contributed by atoms with van der Waals surface area (Å²) in [6.45, 7) is 0. The lowest BCUT2D eigenvalue weighted by molar-refractivity contribution is 0.358. The molecule has 3 aromatic carbocycles. The number of fused-ring (bicyclic) bond motifs is 2. The van der Waals surface area contributed by atoms with Gasteiger partial charge in [0.15, 0.2) is 11.8 Å². The maximum atomic E-state index is 11.0. The zero-order chi connectivity index (χ0) is 29.1. The van der Waals surface area contributed by atoms with Crippen LogP contribution in [0.5, 0.6) is 23.5 Å². The van der Waals surface area contributed by atoms with Crippen molar-refractivity contribution in [3.63, 3.8) is 0 Å². The minimum Gasteiger partial charge on any atom is -0.494 e. The van der Waals surface area contributed by atoms with Crippen LogP contribution in [-0.4, -0.2) is 39.5 Å². The maximum Gasteiger partial charge on any atom is 0.208 e. The van der Waals surface area contributed by atoms with E-state index in [1.54, 1.807) is 0 Å². The zero-order valence-electron chi connectivity index (χ0n) is 21.5. The maximum absolute atomic E-state index is 11.0. The van der Waals surface area contributed by atoms with Crippen LogP contribution < -0.4 is 0 Å². The van der Waals surface area contributed by atoms with Gasteiger partial charge in [-0.1, -0.05) is 48.5 Å². The van der Waals surface area contributed by atoms with E-state index in [1.165, 1.54) is 43.9 Å². The normalized spacial score (nSPS) is 13.2. The van der Waals surface area contributed by atoms with Gasteiger partial charge in [-0.2, -0.15) is 0 Å². The summed E-state index contributed by atoms with van der Waals surface area (Å²) in [5.41, 5.74) is 2.99. The van der Waals surface area contributed by atoms with Crippen molar-refractivity contribution in [1.29, 1.82) is 0 Å². The SMILES string of the molecule is Oc1cc(S)c(O)n1C(c1cccc(C(c2nc3ccccc3s2)n2c(O)cc(S)c2O)c1)c1nc2ccccc2s1. The van der Waals surface area contributed by atoms with Gasteiger partial charge in [0.25, 0.3) is 0 Å². The van der Waals surface area contributed by atoms with E-state index in [-0.39, 0.29) is 33.3 Å². The van der Waals surface area contributed by atoms with Gasteiger partial charge in [0.1, 0.15) is 22.1 Å². The van der Waals surface area contributed by atoms with E-state index in [9.17, 15) is 20.4 Å². The number of para-hydroxylation sites is 2. The standard InChI is InChI=1S/C30H22N4O4S4/c35-23-13-19(39)29(37)33(23)25(27-31-17-8-1-3-10-21(17)41-27)15-6-5-7-16(12-15)26(34-24(36)14-20(40)30(34)38)28-32-18-9-2-4-11-22(18)42-28/h1-14,25-26,35-40H. The van der Waals surface area contributed by atoms with Crippen molar-refractivity contribution >= 4 is 68.4 Å². The molecule has 8 nitrogen and oxygen atoms in total. The fourth-order valence-corrected chi connectivity index (χ4v) is 7.82. The van der Waals surface area contributed by atoms with Crippen LogP contribution in [0.3, 0.4) is 0 Å². The third kappa shape index (κ3) is 4.38. The number of rotatable bonds is 6. The predicted molar refractivity (Wildman–Crippen MR) is 170 cm³/mol. The molecule has 0 bridgehead atoms. The molecule has 0 saturated heterocycles. The first-order valence-corrected chi connectivity index (χ1v) is 15.3. The van der Waals surface area contributed by atoms with Crippen LogP contribution in [0.1, 0.15) is 33.2 Å². The lowest BCUT2D eigenvalue weighted by Crippen LogP contribution is -2.15. The smallest absolute Gasteiger partial charge is 0.208 e. The molecule has 0 aliphatic heterocycles. The minimum atomic E-state index is -0.716. The van der Waals surface area contributed by atoms with E-state index in [0.29, 0.717) is 21.1 Å². The van der Waals surface area contributed by atoms with Crippen LogP contribution in [-0.2, 0) is 0 Å². The first-order valence-electron chi connectivity index (χ1n) is 12.7. The Bertz CT molecular complexity index is 1900. The summed E-state index contributed by atoms with van der Waals surface area (Å²) in [7, 11) is 0. The number of aromatic hydroxyl groups is 4. The Morgan fingerprint density at radius 2 is 1.00 bits per heavy atom. The Kier molecular flexibility index (Phi) is 6.58. The summed E-state index contributed by atoms with van der Waals surface area (Å²) < 4.78 is 4.70. The molecule has 210 valence electrons. The second kappa shape index (κ2) is 10.3. The highest BCUT2D eigenvalue weighted by atomic mass is 32.1. The van der Waals surface area contributed by atoms with Crippen LogP contribution >= 0.6 is 47.9 Å². The van der Waals surface area contributed by atoms with Gasteiger partial charge < -0.3 is 20.4 Å². The lowest BCUT2D eigenvalue weighted by atomic mass is 9.99. The van der Waals surface area contributed by atoms with Crippen LogP contribution in [0.2, 0.25) is 0 Å². The van der Waals surface area contributed by atoms with Crippen LogP contribution in [0.4, 0.5) is 0 Å². The quantitative estimate of drug-likeness (QED) is 0.108. The van der Waals surface area contributed by atoms with Gasteiger partial charge in [0.05, 0.1) is 30.2 Å². The van der Waals surface area contributed by atoms with E-state index in [4.69, 9.17) is 9.97 Å². The minimum absolute atomic E-state index is 0.171. The summed E-state index contributed by atoms with van der Waals surface area (Å²) >= 11 is 11.6. The highest BCUT2D eigenvalue weighted by Crippen LogP contribution is 2.45. The molecule has 42 heavy (non-hydrogen) atoms. The molecule has 0 fully saturated rings. The zero-order valence-corrected chi connectivity index (χ0v) is 24.9. The van der Waals surface area contributed by atoms with Crippen molar-refractivity contribution in [3.8, 4) is 23.5 Å². The van der Waals surface area contributed by atoms with Crippen molar-refractivity contribution in [2.45, 2.75) is 21.9 Å². The van der Waals surface area contributed by atoms with Crippen LogP contribution in [0.25, 0.3) is 20.4 Å². The van der Waals surface area contributed by atoms with E-state index in [1.807, 2.05) is 72.8 Å². The Balaban J connectivity index is 1.46. The Morgan fingerprint density at radius 1 is 0.571 bits per heavy atom. The first-order chi connectivity index (χ1) is 20.3. The van der Waals surface area contributed by atoms with Gasteiger partial charge in [-0.3, -0.25) is 9.13 Å². The van der Waals surface area contributed by atoms with Crippen LogP contribution in [0.15, 0.2) is 94.7 Å². The average molecular weight is 631 g/mol. The Hall–Kier alpha value is -4.10. The third-order valence-electron chi connectivity index (χ3n) is 7.09. The number of aromatic nitrogens is 4. The van der Waals surface area contributed by atoms with Crippen molar-refractivity contribution in [1.82, 2.24) is 19.1 Å². The van der Waals surface area contributed by atoms with E-state index < -0.39 is 12.1 Å². The molecule has 12 heteroatoms. The van der Waals surface area contributed by atoms with Crippen molar-refractivity contribution in [2.75, 3.05) is 0 Å². The topological polar surface area (TPSA) is 117 Å². The molecule has 0 radical (unpaired) electrons. The molecule has 2 unspecified atom stereocenters. The third-order valence-corrected chi connectivity index (χ3v) is 9.92. The fourth-order valence-electron chi connectivity index (χ4n) is 5.20. The van der Waals surface area contributed by atoms with Gasteiger partial charge in [0, 0.05) is 12.1 Å². The van der Waals surface area contributed by atoms with E-state index in [2.05, 4.69) is 25.3 Å². The van der Waals surface area contributed by atoms with E-state index >= 15 is 0 Å². The van der Waals surface area contributed by atoms with Gasteiger partial charge in [-0.15, -0.1) is 47.9 Å². The van der Waals surface area contributed by atoms with Crippen molar-refractivity contribution in [3.05, 3.63) is 106 Å². The monoisotopic (exact) mass is 630 g/mol. The summed E-state index contributed by atoms with van der Waals surface area (Å²) in [6.07, 6.45) is 0. The number of hydrogen-bond acceptors (Lipinski definition) is 10. The number of thiol groups is 2. The largest absolute Gasteiger partial charge is 0.494 e. The highest BCUT2D eigenvalue weighted by Gasteiger charge is 2.30. The molecule has 0 saturated carbocycles. The number of hydrogen-bond donors (Lipinski definition) is 6. The molecule has 2 atom stereocenters. The number of benzene rings is 3. The number of nitrogens with zero attached hydrogens (tertiary/aromatic N) is 4.